The summed E-state index contributed by atoms with van der Waals surface area (Å²) in [6.45, 7) is 4.67. The van der Waals surface area contributed by atoms with Gasteiger partial charge in [0.1, 0.15) is 11.2 Å². The molecule has 1 heterocycles. The van der Waals surface area contributed by atoms with Crippen molar-refractivity contribution in [2.75, 3.05) is 0 Å². The van der Waals surface area contributed by atoms with Gasteiger partial charge in [-0.05, 0) is 107 Å². The van der Waals surface area contributed by atoms with Crippen molar-refractivity contribution in [1.82, 2.24) is 0 Å². The van der Waals surface area contributed by atoms with Crippen molar-refractivity contribution in [2.24, 2.45) is 0 Å². The lowest BCUT2D eigenvalue weighted by Crippen LogP contribution is -2.28. The first-order valence-electron chi connectivity index (χ1n) is 16.5. The molecule has 2 heteroatoms. The molecule has 1 N–H and O–H groups in total. The minimum atomic E-state index is 0.889. The molecule has 0 aliphatic carbocycles. The molecule has 8 aromatic carbocycles. The van der Waals surface area contributed by atoms with E-state index in [9.17, 15) is 0 Å². The van der Waals surface area contributed by atoms with Crippen LogP contribution in [0.5, 0.6) is 0 Å². The molecule has 0 aliphatic rings. The van der Waals surface area contributed by atoms with Gasteiger partial charge in [-0.1, -0.05) is 140 Å². The van der Waals surface area contributed by atoms with E-state index in [-0.39, 0.29) is 0 Å². The number of para-hydroxylation sites is 1. The second-order valence-corrected chi connectivity index (χ2v) is 12.5. The predicted molar refractivity (Wildman–Crippen MR) is 208 cm³/mol. The van der Waals surface area contributed by atoms with E-state index < -0.39 is 0 Å². The maximum absolute atomic E-state index is 8.14. The highest BCUT2D eigenvalue weighted by atomic mass is 16.3. The Labute approximate surface area is 284 Å². The van der Waals surface area contributed by atoms with Crippen molar-refractivity contribution >= 4 is 62.4 Å². The van der Waals surface area contributed by atoms with Crippen molar-refractivity contribution in [3.63, 3.8) is 0 Å². The van der Waals surface area contributed by atoms with Crippen LogP contribution in [-0.2, 0) is 0 Å². The number of hydrogen-bond donors (Lipinski definition) is 1. The molecule has 9 aromatic rings. The first kappa shape index (κ1) is 28.7. The Kier molecular flexibility index (Phi) is 6.81. The van der Waals surface area contributed by atoms with E-state index in [0.29, 0.717) is 0 Å². The topological polar surface area (TPSA) is 37.0 Å². The van der Waals surface area contributed by atoms with Gasteiger partial charge in [0.25, 0.3) is 0 Å². The fourth-order valence-corrected chi connectivity index (χ4v) is 7.47. The molecular formula is C47H31NO. The maximum Gasteiger partial charge on any atom is 0.135 e. The van der Waals surface area contributed by atoms with Gasteiger partial charge >= 0.3 is 0 Å². The van der Waals surface area contributed by atoms with Crippen LogP contribution < -0.4 is 10.4 Å². The molecule has 0 amide bonds. The lowest BCUT2D eigenvalue weighted by molar-refractivity contribution is 0.669. The third kappa shape index (κ3) is 4.77. The number of benzene rings is 8. The maximum atomic E-state index is 8.14. The number of fused-ring (bicyclic) bond motifs is 5. The summed E-state index contributed by atoms with van der Waals surface area (Å²) in [5.41, 5.74) is 10.8. The van der Waals surface area contributed by atoms with Crippen molar-refractivity contribution in [2.45, 2.75) is 0 Å². The molecule has 9 rings (SSSR count). The van der Waals surface area contributed by atoms with Gasteiger partial charge in [-0.3, -0.25) is 0 Å². The average molecular weight is 626 g/mol. The molecule has 0 saturated heterocycles. The molecule has 0 saturated carbocycles. The summed E-state index contributed by atoms with van der Waals surface area (Å²) in [7, 11) is 0. The first-order chi connectivity index (χ1) is 24.2. The molecule has 0 bridgehead atoms. The standard InChI is InChI=1S/C47H31NO/c1-30-37(26-27-48)47(33-22-20-32(21-23-33)39-18-9-11-31-10-2-3-14-38(31)39)42-17-5-4-16-41(42)46(30)36-13-8-12-34(28-36)35-24-25-45-43(29-35)40-15-6-7-19-44(40)49-45/h2-29,48H,1H2/b37-26+,48-27?. The van der Waals surface area contributed by atoms with E-state index in [0.717, 1.165) is 76.5 Å². The quantitative estimate of drug-likeness (QED) is 0.190. The van der Waals surface area contributed by atoms with Crippen molar-refractivity contribution in [3.05, 3.63) is 168 Å². The van der Waals surface area contributed by atoms with E-state index in [2.05, 4.69) is 152 Å². The SMILES string of the molecule is C=c1c(-c2cccc(-c3ccc4oc5ccccc5c4c3)c2)c2ccccc2c(-c2ccc(-c3cccc4ccccc34)cc2)/c1=C/C=N. The van der Waals surface area contributed by atoms with Gasteiger partial charge in [-0.2, -0.15) is 0 Å². The van der Waals surface area contributed by atoms with Crippen molar-refractivity contribution in [3.8, 4) is 44.5 Å². The Morgan fingerprint density at radius 2 is 1.04 bits per heavy atom. The van der Waals surface area contributed by atoms with Crippen molar-refractivity contribution in [1.29, 1.82) is 5.41 Å². The first-order valence-corrected chi connectivity index (χ1v) is 16.5. The molecule has 0 atom stereocenters. The Bertz CT molecular complexity index is 2850. The molecule has 2 nitrogen and oxygen atoms in total. The Morgan fingerprint density at radius 1 is 0.449 bits per heavy atom. The Hall–Kier alpha value is -6.51. The van der Waals surface area contributed by atoms with Crippen LogP contribution in [0, 0.1) is 5.41 Å². The van der Waals surface area contributed by atoms with Gasteiger partial charge in [0.05, 0.1) is 0 Å². The van der Waals surface area contributed by atoms with Crippen LogP contribution in [0.1, 0.15) is 0 Å². The van der Waals surface area contributed by atoms with Gasteiger partial charge in [-0.15, -0.1) is 0 Å². The van der Waals surface area contributed by atoms with E-state index in [1.807, 2.05) is 18.2 Å². The highest BCUT2D eigenvalue weighted by Gasteiger charge is 2.16. The zero-order valence-electron chi connectivity index (χ0n) is 26.8. The lowest BCUT2D eigenvalue weighted by atomic mass is 9.87. The minimum Gasteiger partial charge on any atom is -0.456 e. The van der Waals surface area contributed by atoms with Crippen LogP contribution in [-0.4, -0.2) is 6.21 Å². The molecule has 230 valence electrons. The fourth-order valence-electron chi connectivity index (χ4n) is 7.47. The number of nitrogens with one attached hydrogen (secondary N) is 1. The third-order valence-electron chi connectivity index (χ3n) is 9.75. The number of rotatable bonds is 5. The average Bonchev–Trinajstić information content (AvgIpc) is 3.53. The molecule has 0 spiro atoms. The van der Waals surface area contributed by atoms with Crippen LogP contribution in [0.4, 0.5) is 0 Å². The highest BCUT2D eigenvalue weighted by Crippen LogP contribution is 2.36. The zero-order valence-corrected chi connectivity index (χ0v) is 26.8. The monoisotopic (exact) mass is 625 g/mol. The van der Waals surface area contributed by atoms with E-state index >= 15 is 0 Å². The van der Waals surface area contributed by atoms with Crippen LogP contribution in [0.3, 0.4) is 0 Å². The summed E-state index contributed by atoms with van der Waals surface area (Å²) in [5, 5.41) is 17.0. The summed E-state index contributed by atoms with van der Waals surface area (Å²) in [4.78, 5) is 0. The summed E-state index contributed by atoms with van der Waals surface area (Å²) < 4.78 is 6.10. The second-order valence-electron chi connectivity index (χ2n) is 12.5. The second kappa shape index (κ2) is 11.6. The Balaban J connectivity index is 1.20. The largest absolute Gasteiger partial charge is 0.456 e. The van der Waals surface area contributed by atoms with Gasteiger partial charge in [-0.25, -0.2) is 0 Å². The Morgan fingerprint density at radius 3 is 1.86 bits per heavy atom. The van der Waals surface area contributed by atoms with Crippen LogP contribution in [0.2, 0.25) is 0 Å². The number of furan rings is 1. The van der Waals surface area contributed by atoms with Crippen LogP contribution >= 0.6 is 0 Å². The molecule has 0 radical (unpaired) electrons. The van der Waals surface area contributed by atoms with E-state index in [1.165, 1.54) is 28.1 Å². The molecule has 0 fully saturated rings. The number of hydrogen-bond acceptors (Lipinski definition) is 2. The molecule has 49 heavy (non-hydrogen) atoms. The zero-order chi connectivity index (χ0) is 32.9. The fraction of sp³-hybridized carbons (Fsp3) is 0. The van der Waals surface area contributed by atoms with Crippen molar-refractivity contribution < 1.29 is 4.42 Å². The highest BCUT2D eigenvalue weighted by molar-refractivity contribution is 6.09. The molecule has 1 aromatic heterocycles. The molecule has 0 unspecified atom stereocenters. The van der Waals surface area contributed by atoms with Gasteiger partial charge in [0.15, 0.2) is 0 Å². The van der Waals surface area contributed by atoms with E-state index in [1.54, 1.807) is 0 Å². The van der Waals surface area contributed by atoms with Gasteiger partial charge in [0.2, 0.25) is 0 Å². The summed E-state index contributed by atoms with van der Waals surface area (Å²) in [6.07, 6.45) is 3.26. The molecular weight excluding hydrogens is 595 g/mol. The minimum absolute atomic E-state index is 0.889. The van der Waals surface area contributed by atoms with E-state index in [4.69, 9.17) is 9.83 Å². The normalized spacial score (nSPS) is 12.0. The smallest absolute Gasteiger partial charge is 0.135 e. The van der Waals surface area contributed by atoms with Gasteiger partial charge in [0, 0.05) is 17.0 Å². The van der Waals surface area contributed by atoms with Crippen LogP contribution in [0.25, 0.3) is 101 Å². The molecule has 0 aliphatic heterocycles. The van der Waals surface area contributed by atoms with Crippen LogP contribution in [0.15, 0.2) is 162 Å². The lowest BCUT2D eigenvalue weighted by Gasteiger charge is -2.16. The summed E-state index contributed by atoms with van der Waals surface area (Å²) >= 11 is 0. The summed E-state index contributed by atoms with van der Waals surface area (Å²) in [6, 6.07) is 55.7. The third-order valence-corrected chi connectivity index (χ3v) is 9.75. The summed E-state index contributed by atoms with van der Waals surface area (Å²) in [5.74, 6) is 0. The predicted octanol–water partition coefficient (Wildman–Crippen LogP) is 11.4. The van der Waals surface area contributed by atoms with Gasteiger partial charge < -0.3 is 9.83 Å².